The molecular formula is C9H14OSi. The molecule has 1 nitrogen and oxygen atoms in total. The average Bonchev–Trinajstić information content (AvgIpc) is 1.85. The Morgan fingerprint density at radius 1 is 1.09 bits per heavy atom. The van der Waals surface area contributed by atoms with Gasteiger partial charge in [0, 0.05) is 0 Å². The average molecular weight is 166 g/mol. The quantitative estimate of drug-likeness (QED) is 0.424. The molecule has 0 bridgehead atoms. The van der Waals surface area contributed by atoms with Crippen LogP contribution in [0.15, 0.2) is 0 Å². The van der Waals surface area contributed by atoms with Crippen LogP contribution in [0.2, 0.25) is 19.6 Å². The van der Waals surface area contributed by atoms with E-state index < -0.39 is 8.07 Å². The van der Waals surface area contributed by atoms with Crippen LogP contribution in [-0.4, -0.2) is 19.8 Å². The van der Waals surface area contributed by atoms with E-state index in [2.05, 4.69) is 42.9 Å². The lowest BCUT2D eigenvalue weighted by molar-refractivity contribution is 0.350. The van der Waals surface area contributed by atoms with Gasteiger partial charge in [0.1, 0.15) is 14.7 Å². The summed E-state index contributed by atoms with van der Waals surface area (Å²) in [5.74, 6) is 8.30. The summed E-state index contributed by atoms with van der Waals surface area (Å²) < 4.78 is 0. The van der Waals surface area contributed by atoms with Crippen LogP contribution in [0.25, 0.3) is 0 Å². The second-order valence-corrected chi connectivity index (χ2v) is 7.99. The zero-order chi connectivity index (χ0) is 8.74. The molecule has 0 saturated heterocycles. The standard InChI is InChI=1S/C9H14OSi/c1-11(2,3)9-7-5-4-6-8-10/h10H,5,8H2,1-3H3. The van der Waals surface area contributed by atoms with Crippen LogP contribution < -0.4 is 0 Å². The zero-order valence-corrected chi connectivity index (χ0v) is 8.36. The van der Waals surface area contributed by atoms with Crippen molar-refractivity contribution < 1.29 is 5.11 Å². The van der Waals surface area contributed by atoms with Gasteiger partial charge in [0.25, 0.3) is 0 Å². The van der Waals surface area contributed by atoms with Crippen molar-refractivity contribution in [3.8, 4) is 23.3 Å². The Balaban J connectivity index is 3.74. The molecule has 0 aliphatic heterocycles. The number of rotatable bonds is 0. The van der Waals surface area contributed by atoms with Gasteiger partial charge in [-0.3, -0.25) is 0 Å². The van der Waals surface area contributed by atoms with Crippen molar-refractivity contribution in [3.63, 3.8) is 0 Å². The molecule has 0 heterocycles. The number of hydrogen-bond donors (Lipinski definition) is 1. The fourth-order valence-electron chi connectivity index (χ4n) is 0.472. The highest BCUT2D eigenvalue weighted by Crippen LogP contribution is 1.96. The summed E-state index contributed by atoms with van der Waals surface area (Å²) >= 11 is 0. The van der Waals surface area contributed by atoms with Crippen LogP contribution in [-0.2, 0) is 0 Å². The molecule has 0 fully saturated rings. The Labute approximate surface area is 69.8 Å². The second kappa shape index (κ2) is 5.01. The van der Waals surface area contributed by atoms with E-state index in [1.54, 1.807) is 0 Å². The summed E-state index contributed by atoms with van der Waals surface area (Å²) in [6.45, 7) is 6.52. The normalized spacial score (nSPS) is 9.09. The van der Waals surface area contributed by atoms with E-state index in [-0.39, 0.29) is 6.61 Å². The number of aliphatic hydroxyl groups excluding tert-OH is 1. The molecule has 0 aliphatic rings. The smallest absolute Gasteiger partial charge is 0.129 e. The molecule has 0 amide bonds. The maximum Gasteiger partial charge on any atom is 0.129 e. The molecule has 0 aromatic heterocycles. The van der Waals surface area contributed by atoms with Crippen molar-refractivity contribution in [2.24, 2.45) is 0 Å². The van der Waals surface area contributed by atoms with Gasteiger partial charge in [0.2, 0.25) is 0 Å². The molecule has 0 saturated carbocycles. The fourth-order valence-corrected chi connectivity index (χ4v) is 1.09. The molecule has 0 aromatic rings. The Bertz CT molecular complexity index is 216. The molecule has 1 N–H and O–H groups in total. The largest absolute Gasteiger partial charge is 0.384 e. The van der Waals surface area contributed by atoms with E-state index in [9.17, 15) is 0 Å². The maximum atomic E-state index is 8.31. The van der Waals surface area contributed by atoms with Crippen LogP contribution in [0.1, 0.15) is 6.42 Å². The number of hydrogen-bond acceptors (Lipinski definition) is 1. The molecule has 11 heavy (non-hydrogen) atoms. The summed E-state index contributed by atoms with van der Waals surface area (Å²) in [7, 11) is -1.21. The fraction of sp³-hybridized carbons (Fsp3) is 0.556. The maximum absolute atomic E-state index is 8.31. The van der Waals surface area contributed by atoms with Crippen LogP contribution >= 0.6 is 0 Å². The summed E-state index contributed by atoms with van der Waals surface area (Å²) in [5.41, 5.74) is 3.19. The highest BCUT2D eigenvalue weighted by atomic mass is 28.3. The van der Waals surface area contributed by atoms with Gasteiger partial charge in [-0.25, -0.2) is 0 Å². The summed E-state index contributed by atoms with van der Waals surface area (Å²) in [6, 6.07) is 0. The van der Waals surface area contributed by atoms with Crippen molar-refractivity contribution in [3.05, 3.63) is 0 Å². The predicted molar refractivity (Wildman–Crippen MR) is 50.6 cm³/mol. The topological polar surface area (TPSA) is 20.2 Å². The van der Waals surface area contributed by atoms with Gasteiger partial charge in [-0.2, -0.15) is 0 Å². The molecule has 2 heteroatoms. The van der Waals surface area contributed by atoms with E-state index >= 15 is 0 Å². The lowest BCUT2D eigenvalue weighted by Crippen LogP contribution is -2.16. The summed E-state index contributed by atoms with van der Waals surface area (Å²) in [5, 5.41) is 8.31. The SMILES string of the molecule is C[Si](C)(C)C#CCC#CCO. The van der Waals surface area contributed by atoms with Gasteiger partial charge in [0.15, 0.2) is 0 Å². The minimum Gasteiger partial charge on any atom is -0.384 e. The van der Waals surface area contributed by atoms with E-state index in [0.29, 0.717) is 6.42 Å². The lowest BCUT2D eigenvalue weighted by Gasteiger charge is -2.02. The van der Waals surface area contributed by atoms with Crippen LogP contribution in [0.5, 0.6) is 0 Å². The van der Waals surface area contributed by atoms with Crippen LogP contribution in [0, 0.1) is 23.3 Å². The van der Waals surface area contributed by atoms with E-state index in [4.69, 9.17) is 5.11 Å². The van der Waals surface area contributed by atoms with Gasteiger partial charge in [-0.1, -0.05) is 37.4 Å². The predicted octanol–water partition coefficient (Wildman–Crippen LogP) is 1.25. The molecule has 0 radical (unpaired) electrons. The first-order valence-electron chi connectivity index (χ1n) is 3.63. The molecule has 60 valence electrons. The first kappa shape index (κ1) is 10.3. The van der Waals surface area contributed by atoms with Gasteiger partial charge < -0.3 is 5.11 Å². The van der Waals surface area contributed by atoms with E-state index in [1.807, 2.05) is 0 Å². The summed E-state index contributed by atoms with van der Waals surface area (Å²) in [4.78, 5) is 0. The highest BCUT2D eigenvalue weighted by molar-refractivity contribution is 6.83. The van der Waals surface area contributed by atoms with Crippen molar-refractivity contribution in [2.45, 2.75) is 26.1 Å². The monoisotopic (exact) mass is 166 g/mol. The Kier molecular flexibility index (Phi) is 4.69. The van der Waals surface area contributed by atoms with Crippen LogP contribution in [0.4, 0.5) is 0 Å². The molecule has 0 aliphatic carbocycles. The Hall–Kier alpha value is -0.703. The third-order valence-corrected chi connectivity index (χ3v) is 1.77. The second-order valence-electron chi connectivity index (χ2n) is 3.24. The molecule has 0 aromatic carbocycles. The zero-order valence-electron chi connectivity index (χ0n) is 7.36. The minimum absolute atomic E-state index is 0.0609. The van der Waals surface area contributed by atoms with E-state index in [0.717, 1.165) is 0 Å². The number of aliphatic hydroxyl groups is 1. The van der Waals surface area contributed by atoms with Gasteiger partial charge in [-0.05, 0) is 0 Å². The molecular weight excluding hydrogens is 152 g/mol. The highest BCUT2D eigenvalue weighted by Gasteiger charge is 2.06. The molecule has 0 spiro atoms. The van der Waals surface area contributed by atoms with Gasteiger partial charge in [0.05, 0.1) is 6.42 Å². The molecule has 0 atom stereocenters. The Morgan fingerprint density at radius 2 is 1.73 bits per heavy atom. The molecule has 0 rings (SSSR count). The first-order chi connectivity index (χ1) is 5.06. The van der Waals surface area contributed by atoms with Crippen molar-refractivity contribution >= 4 is 8.07 Å². The third kappa shape index (κ3) is 9.30. The van der Waals surface area contributed by atoms with E-state index in [1.165, 1.54) is 0 Å². The Morgan fingerprint density at radius 3 is 2.18 bits per heavy atom. The van der Waals surface area contributed by atoms with Crippen molar-refractivity contribution in [2.75, 3.05) is 6.61 Å². The third-order valence-electron chi connectivity index (χ3n) is 0.844. The van der Waals surface area contributed by atoms with Crippen LogP contribution in [0.3, 0.4) is 0 Å². The van der Waals surface area contributed by atoms with Gasteiger partial charge in [-0.15, -0.1) is 5.54 Å². The first-order valence-corrected chi connectivity index (χ1v) is 7.13. The van der Waals surface area contributed by atoms with Crippen molar-refractivity contribution in [1.29, 1.82) is 0 Å². The van der Waals surface area contributed by atoms with Gasteiger partial charge >= 0.3 is 0 Å². The van der Waals surface area contributed by atoms with Crippen molar-refractivity contribution in [1.82, 2.24) is 0 Å². The minimum atomic E-state index is -1.21. The molecule has 0 unspecified atom stereocenters. The lowest BCUT2D eigenvalue weighted by atomic mass is 10.4. The summed E-state index contributed by atoms with van der Waals surface area (Å²) in [6.07, 6.45) is 0.588.